The highest BCUT2D eigenvalue weighted by molar-refractivity contribution is 7.88. The Morgan fingerprint density at radius 3 is 2.55 bits per heavy atom. The Morgan fingerprint density at radius 1 is 1.55 bits per heavy atom. The van der Waals surface area contributed by atoms with E-state index in [2.05, 4.69) is 0 Å². The van der Waals surface area contributed by atoms with Crippen molar-refractivity contribution in [1.29, 1.82) is 0 Å². The van der Waals surface area contributed by atoms with Gasteiger partial charge < -0.3 is 4.74 Å². The van der Waals surface area contributed by atoms with Crippen molar-refractivity contribution in [3.05, 3.63) is 0 Å². The second kappa shape index (κ2) is 3.08. The topological polar surface area (TPSA) is 46.6 Å². The molecule has 0 aromatic rings. The fraction of sp³-hybridized carbons (Fsp3) is 1.00. The van der Waals surface area contributed by atoms with Crippen LogP contribution < -0.4 is 0 Å². The van der Waals surface area contributed by atoms with Crippen LogP contribution in [0.5, 0.6) is 0 Å². The maximum absolute atomic E-state index is 11.0. The largest absolute Gasteiger partial charge is 0.376 e. The number of nitrogens with zero attached hydrogens (tertiary/aromatic N) is 1. The molecule has 1 heterocycles. The van der Waals surface area contributed by atoms with Crippen molar-refractivity contribution in [3.63, 3.8) is 0 Å². The summed E-state index contributed by atoms with van der Waals surface area (Å²) in [7, 11) is -3.01. The number of hydrogen-bond donors (Lipinski definition) is 0. The van der Waals surface area contributed by atoms with Gasteiger partial charge in [-0.15, -0.1) is 0 Å². The molecule has 11 heavy (non-hydrogen) atoms. The molecule has 0 amide bonds. The van der Waals surface area contributed by atoms with Crippen LogP contribution in [0.2, 0.25) is 0 Å². The van der Waals surface area contributed by atoms with E-state index in [0.29, 0.717) is 19.7 Å². The summed E-state index contributed by atoms with van der Waals surface area (Å²) >= 11 is 0. The molecule has 0 aliphatic carbocycles. The molecule has 0 aromatic carbocycles. The van der Waals surface area contributed by atoms with Crippen LogP contribution in [0.1, 0.15) is 6.92 Å². The summed E-state index contributed by atoms with van der Waals surface area (Å²) in [5, 5.41) is 0. The summed E-state index contributed by atoms with van der Waals surface area (Å²) in [6.07, 6.45) is 1.25. The first kappa shape index (κ1) is 8.96. The summed E-state index contributed by atoms with van der Waals surface area (Å²) < 4.78 is 28.6. The third-order valence-corrected chi connectivity index (χ3v) is 2.94. The van der Waals surface area contributed by atoms with Gasteiger partial charge in [-0.2, -0.15) is 4.31 Å². The molecule has 66 valence electrons. The van der Waals surface area contributed by atoms with Crippen LogP contribution in [0.15, 0.2) is 0 Å². The van der Waals surface area contributed by atoms with Gasteiger partial charge in [0.25, 0.3) is 0 Å². The van der Waals surface area contributed by atoms with E-state index in [4.69, 9.17) is 4.74 Å². The average Bonchev–Trinajstić information content (AvgIpc) is 1.86. The van der Waals surface area contributed by atoms with E-state index < -0.39 is 10.0 Å². The Bertz CT molecular complexity index is 224. The van der Waals surface area contributed by atoms with Crippen LogP contribution in [-0.4, -0.2) is 44.8 Å². The van der Waals surface area contributed by atoms with Gasteiger partial charge in [-0.1, -0.05) is 0 Å². The van der Waals surface area contributed by atoms with E-state index in [1.54, 1.807) is 0 Å². The van der Waals surface area contributed by atoms with Gasteiger partial charge in [-0.25, -0.2) is 8.42 Å². The third-order valence-electron chi connectivity index (χ3n) is 1.67. The van der Waals surface area contributed by atoms with Gasteiger partial charge in [0.2, 0.25) is 10.0 Å². The predicted molar refractivity (Wildman–Crippen MR) is 41.8 cm³/mol. The van der Waals surface area contributed by atoms with Crippen molar-refractivity contribution >= 4 is 10.0 Å². The standard InChI is InChI=1S/C6H13NO3S/c1-6-5-7(3-4-10-6)11(2,8)9/h6H,3-5H2,1-2H3. The summed E-state index contributed by atoms with van der Waals surface area (Å²) in [6, 6.07) is 0. The second-order valence-electron chi connectivity index (χ2n) is 2.80. The maximum atomic E-state index is 11.0. The molecule has 1 aliphatic heterocycles. The first-order valence-corrected chi connectivity index (χ1v) is 5.41. The van der Waals surface area contributed by atoms with E-state index in [-0.39, 0.29) is 6.10 Å². The molecular weight excluding hydrogens is 166 g/mol. The minimum absolute atomic E-state index is 0.0264. The van der Waals surface area contributed by atoms with Crippen molar-refractivity contribution in [1.82, 2.24) is 4.31 Å². The predicted octanol–water partition coefficient (Wildman–Crippen LogP) is -0.333. The minimum atomic E-state index is -3.01. The normalized spacial score (nSPS) is 28.7. The highest BCUT2D eigenvalue weighted by Gasteiger charge is 2.23. The van der Waals surface area contributed by atoms with Crippen molar-refractivity contribution in [3.8, 4) is 0 Å². The molecule has 0 saturated carbocycles. The lowest BCUT2D eigenvalue weighted by atomic mass is 10.3. The summed E-state index contributed by atoms with van der Waals surface area (Å²) in [5.41, 5.74) is 0. The van der Waals surface area contributed by atoms with Crippen molar-refractivity contribution in [2.45, 2.75) is 13.0 Å². The molecule has 0 bridgehead atoms. The van der Waals surface area contributed by atoms with Gasteiger partial charge in [0.15, 0.2) is 0 Å². The fourth-order valence-corrected chi connectivity index (χ4v) is 1.97. The molecule has 0 radical (unpaired) electrons. The maximum Gasteiger partial charge on any atom is 0.211 e. The van der Waals surface area contributed by atoms with E-state index in [1.807, 2.05) is 6.92 Å². The molecule has 0 spiro atoms. The molecule has 5 heteroatoms. The van der Waals surface area contributed by atoms with Crippen LogP contribution in [0.25, 0.3) is 0 Å². The first-order chi connectivity index (χ1) is 5.00. The molecule has 1 aliphatic rings. The number of rotatable bonds is 1. The smallest absolute Gasteiger partial charge is 0.211 e. The Hall–Kier alpha value is -0.130. The molecule has 4 nitrogen and oxygen atoms in total. The van der Waals surface area contributed by atoms with E-state index in [1.165, 1.54) is 10.6 Å². The van der Waals surface area contributed by atoms with Gasteiger partial charge in [0, 0.05) is 13.1 Å². The van der Waals surface area contributed by atoms with Crippen LogP contribution in [0.3, 0.4) is 0 Å². The summed E-state index contributed by atoms with van der Waals surface area (Å²) in [5.74, 6) is 0. The first-order valence-electron chi connectivity index (χ1n) is 3.57. The van der Waals surface area contributed by atoms with E-state index in [9.17, 15) is 8.42 Å². The number of morpholine rings is 1. The molecule has 1 unspecified atom stereocenters. The van der Waals surface area contributed by atoms with Crippen molar-refractivity contribution < 1.29 is 13.2 Å². The number of sulfonamides is 1. The van der Waals surface area contributed by atoms with E-state index in [0.717, 1.165) is 0 Å². The van der Waals surface area contributed by atoms with Crippen molar-refractivity contribution in [2.75, 3.05) is 26.0 Å². The Balaban J connectivity index is 2.60. The van der Waals surface area contributed by atoms with Crippen LogP contribution in [0.4, 0.5) is 0 Å². The molecule has 0 N–H and O–H groups in total. The summed E-state index contributed by atoms with van der Waals surface area (Å²) in [4.78, 5) is 0. The number of ether oxygens (including phenoxy) is 1. The second-order valence-corrected chi connectivity index (χ2v) is 4.78. The zero-order valence-electron chi connectivity index (χ0n) is 6.78. The van der Waals surface area contributed by atoms with Gasteiger partial charge in [0.1, 0.15) is 0 Å². The highest BCUT2D eigenvalue weighted by atomic mass is 32.2. The molecule has 1 rings (SSSR count). The monoisotopic (exact) mass is 179 g/mol. The molecule has 0 aromatic heterocycles. The summed E-state index contributed by atoms with van der Waals surface area (Å²) in [6.45, 7) is 3.35. The molecule has 1 fully saturated rings. The Morgan fingerprint density at radius 2 is 2.18 bits per heavy atom. The SMILES string of the molecule is CC1CN(S(C)(=O)=O)CCO1. The zero-order chi connectivity index (χ0) is 8.48. The lowest BCUT2D eigenvalue weighted by Gasteiger charge is -2.28. The van der Waals surface area contributed by atoms with Gasteiger partial charge in [0.05, 0.1) is 19.0 Å². The lowest BCUT2D eigenvalue weighted by molar-refractivity contribution is 0.0104. The van der Waals surface area contributed by atoms with Crippen LogP contribution in [-0.2, 0) is 14.8 Å². The quantitative estimate of drug-likeness (QED) is 0.553. The minimum Gasteiger partial charge on any atom is -0.376 e. The fourth-order valence-electron chi connectivity index (χ4n) is 1.09. The molecule has 1 atom stereocenters. The van der Waals surface area contributed by atoms with Gasteiger partial charge in [-0.3, -0.25) is 0 Å². The zero-order valence-corrected chi connectivity index (χ0v) is 7.60. The van der Waals surface area contributed by atoms with Gasteiger partial charge in [-0.05, 0) is 6.92 Å². The van der Waals surface area contributed by atoms with Gasteiger partial charge >= 0.3 is 0 Å². The number of hydrogen-bond acceptors (Lipinski definition) is 3. The van der Waals surface area contributed by atoms with Crippen molar-refractivity contribution in [2.24, 2.45) is 0 Å². The molecular formula is C6H13NO3S. The Labute approximate surface area is 67.2 Å². The van der Waals surface area contributed by atoms with Crippen LogP contribution in [0, 0.1) is 0 Å². The molecule has 1 saturated heterocycles. The lowest BCUT2D eigenvalue weighted by Crippen LogP contribution is -2.43. The van der Waals surface area contributed by atoms with Crippen LogP contribution >= 0.6 is 0 Å². The van der Waals surface area contributed by atoms with E-state index >= 15 is 0 Å². The highest BCUT2D eigenvalue weighted by Crippen LogP contribution is 2.07. The average molecular weight is 179 g/mol. The third kappa shape index (κ3) is 2.43. The Kier molecular flexibility index (Phi) is 2.51.